The zero-order valence-corrected chi connectivity index (χ0v) is 18.2. The molecule has 2 aromatic heterocycles. The summed E-state index contributed by atoms with van der Waals surface area (Å²) >= 11 is 0. The molecule has 0 radical (unpaired) electrons. The zero-order valence-electron chi connectivity index (χ0n) is 18.2. The first-order valence-corrected chi connectivity index (χ1v) is 11.5. The van der Waals surface area contributed by atoms with Gasteiger partial charge in [0.15, 0.2) is 5.82 Å². The number of hydrogen-bond donors (Lipinski definition) is 1. The Morgan fingerprint density at radius 2 is 2.00 bits per heavy atom. The second-order valence-corrected chi connectivity index (χ2v) is 8.54. The summed E-state index contributed by atoms with van der Waals surface area (Å²) in [5.41, 5.74) is 4.37. The Hall–Kier alpha value is -3.35. The first kappa shape index (κ1) is 20.5. The van der Waals surface area contributed by atoms with E-state index in [-0.39, 0.29) is 11.8 Å². The van der Waals surface area contributed by atoms with Crippen molar-refractivity contribution in [3.8, 4) is 11.4 Å². The average Bonchev–Trinajstić information content (AvgIpc) is 3.33. The van der Waals surface area contributed by atoms with Gasteiger partial charge in [-0.3, -0.25) is 14.8 Å². The normalized spacial score (nSPS) is 17.8. The number of rotatable bonds is 6. The van der Waals surface area contributed by atoms with E-state index < -0.39 is 0 Å². The molecule has 5 rings (SSSR count). The van der Waals surface area contributed by atoms with Crippen LogP contribution in [-0.2, 0) is 24.1 Å². The Labute approximate surface area is 188 Å². The van der Waals surface area contributed by atoms with Gasteiger partial charge in [-0.05, 0) is 32.1 Å². The van der Waals surface area contributed by atoms with E-state index in [4.69, 9.17) is 9.97 Å². The van der Waals surface area contributed by atoms with E-state index >= 15 is 0 Å². The maximum atomic E-state index is 12.9. The molecule has 7 heteroatoms. The summed E-state index contributed by atoms with van der Waals surface area (Å²) in [6.07, 6.45) is 10.8. The molecule has 1 N–H and O–H groups in total. The highest BCUT2D eigenvalue weighted by Crippen LogP contribution is 2.33. The van der Waals surface area contributed by atoms with Gasteiger partial charge in [0.2, 0.25) is 5.91 Å². The Morgan fingerprint density at radius 3 is 2.84 bits per heavy atom. The van der Waals surface area contributed by atoms with Gasteiger partial charge in [-0.1, -0.05) is 30.3 Å². The Kier molecular flexibility index (Phi) is 6.05. The fourth-order valence-corrected chi connectivity index (χ4v) is 4.69. The average molecular weight is 429 g/mol. The summed E-state index contributed by atoms with van der Waals surface area (Å²) in [6, 6.07) is 10.2. The molecule has 164 valence electrons. The molecule has 3 heterocycles. The molecule has 3 aromatic rings. The number of benzene rings is 1. The van der Waals surface area contributed by atoms with Gasteiger partial charge < -0.3 is 10.2 Å². The van der Waals surface area contributed by atoms with Crippen LogP contribution < -0.4 is 10.2 Å². The van der Waals surface area contributed by atoms with Crippen LogP contribution >= 0.6 is 0 Å². The van der Waals surface area contributed by atoms with Crippen LogP contribution in [0.25, 0.3) is 11.4 Å². The number of amides is 1. The van der Waals surface area contributed by atoms with E-state index in [1.54, 1.807) is 18.6 Å². The lowest BCUT2D eigenvalue weighted by Gasteiger charge is -2.34. The molecule has 1 saturated heterocycles. The number of nitrogens with zero attached hydrogens (tertiary/aromatic N) is 5. The number of carbonyl (C=O) groups excluding carboxylic acids is 1. The number of aromatic nitrogens is 4. The molecule has 1 aliphatic carbocycles. The minimum atomic E-state index is -0.0298. The van der Waals surface area contributed by atoms with Gasteiger partial charge >= 0.3 is 0 Å². The fraction of sp³-hybridized carbons (Fsp3) is 0.400. The molecule has 1 atom stereocenters. The van der Waals surface area contributed by atoms with E-state index in [1.165, 1.54) is 11.3 Å². The highest BCUT2D eigenvalue weighted by molar-refractivity contribution is 5.79. The molecule has 0 saturated carbocycles. The topological polar surface area (TPSA) is 83.9 Å². The summed E-state index contributed by atoms with van der Waals surface area (Å²) in [5, 5.41) is 3.10. The van der Waals surface area contributed by atoms with Crippen LogP contribution in [-0.4, -0.2) is 45.5 Å². The minimum Gasteiger partial charge on any atom is -0.355 e. The predicted molar refractivity (Wildman–Crippen MR) is 123 cm³/mol. The standard InChI is InChI=1S/C25H28N6O/c32-25(28-12-11-20-16-26-13-14-27-20)19-8-5-15-31(17-19)24-21-9-4-10-22(21)29-23(30-24)18-6-2-1-3-7-18/h1-3,6-7,13-14,16,19H,4-5,8-12,15,17H2,(H,28,32)/t19-/m1/s1. The number of hydrogen-bond acceptors (Lipinski definition) is 6. The third-order valence-corrected chi connectivity index (χ3v) is 6.33. The third kappa shape index (κ3) is 4.47. The highest BCUT2D eigenvalue weighted by Gasteiger charge is 2.30. The van der Waals surface area contributed by atoms with Gasteiger partial charge in [0, 0.05) is 61.5 Å². The van der Waals surface area contributed by atoms with Gasteiger partial charge in [0.05, 0.1) is 11.6 Å². The van der Waals surface area contributed by atoms with Crippen molar-refractivity contribution in [2.45, 2.75) is 38.5 Å². The molecule has 1 aromatic carbocycles. The number of fused-ring (bicyclic) bond motifs is 1. The van der Waals surface area contributed by atoms with Crippen LogP contribution in [0.4, 0.5) is 5.82 Å². The second kappa shape index (κ2) is 9.42. The number of aryl methyl sites for hydroxylation is 1. The smallest absolute Gasteiger partial charge is 0.224 e. The van der Waals surface area contributed by atoms with Crippen molar-refractivity contribution >= 4 is 11.7 Å². The fourth-order valence-electron chi connectivity index (χ4n) is 4.69. The summed E-state index contributed by atoms with van der Waals surface area (Å²) in [5.74, 6) is 1.91. The van der Waals surface area contributed by atoms with Crippen LogP contribution in [0.15, 0.2) is 48.9 Å². The number of piperidine rings is 1. The lowest BCUT2D eigenvalue weighted by molar-refractivity contribution is -0.125. The van der Waals surface area contributed by atoms with Crippen molar-refractivity contribution in [3.05, 3.63) is 65.9 Å². The monoisotopic (exact) mass is 428 g/mol. The van der Waals surface area contributed by atoms with E-state index in [1.807, 2.05) is 18.2 Å². The minimum absolute atomic E-state index is 0.0298. The van der Waals surface area contributed by atoms with Crippen molar-refractivity contribution in [2.75, 3.05) is 24.5 Å². The van der Waals surface area contributed by atoms with E-state index in [2.05, 4.69) is 32.3 Å². The molecule has 0 unspecified atom stereocenters. The first-order chi connectivity index (χ1) is 15.8. The van der Waals surface area contributed by atoms with Crippen molar-refractivity contribution in [1.82, 2.24) is 25.3 Å². The highest BCUT2D eigenvalue weighted by atomic mass is 16.1. The van der Waals surface area contributed by atoms with Crippen LogP contribution in [0.1, 0.15) is 36.2 Å². The zero-order chi connectivity index (χ0) is 21.8. The Balaban J connectivity index is 1.30. The molecule has 1 fully saturated rings. The van der Waals surface area contributed by atoms with Crippen molar-refractivity contribution < 1.29 is 4.79 Å². The largest absolute Gasteiger partial charge is 0.355 e. The lowest BCUT2D eigenvalue weighted by atomic mass is 9.96. The van der Waals surface area contributed by atoms with E-state index in [9.17, 15) is 4.79 Å². The summed E-state index contributed by atoms with van der Waals surface area (Å²) < 4.78 is 0. The molecule has 1 aliphatic heterocycles. The molecule has 0 spiro atoms. The lowest BCUT2D eigenvalue weighted by Crippen LogP contribution is -2.44. The summed E-state index contributed by atoms with van der Waals surface area (Å²) in [4.78, 5) is 33.4. The molecular formula is C25H28N6O. The summed E-state index contributed by atoms with van der Waals surface area (Å²) in [6.45, 7) is 2.21. The van der Waals surface area contributed by atoms with Crippen LogP contribution in [0.3, 0.4) is 0 Å². The number of carbonyl (C=O) groups is 1. The number of nitrogens with one attached hydrogen (secondary N) is 1. The van der Waals surface area contributed by atoms with E-state index in [0.29, 0.717) is 19.5 Å². The molecule has 1 amide bonds. The molecule has 7 nitrogen and oxygen atoms in total. The molecule has 2 aliphatic rings. The molecule has 32 heavy (non-hydrogen) atoms. The Morgan fingerprint density at radius 1 is 1.09 bits per heavy atom. The third-order valence-electron chi connectivity index (χ3n) is 6.33. The van der Waals surface area contributed by atoms with Gasteiger partial charge in [0.1, 0.15) is 5.82 Å². The predicted octanol–water partition coefficient (Wildman–Crippen LogP) is 3.00. The number of anilines is 1. The first-order valence-electron chi connectivity index (χ1n) is 11.5. The van der Waals surface area contributed by atoms with Crippen molar-refractivity contribution in [1.29, 1.82) is 0 Å². The van der Waals surface area contributed by atoms with Crippen LogP contribution in [0, 0.1) is 5.92 Å². The molecular weight excluding hydrogens is 400 g/mol. The SMILES string of the molecule is O=C(NCCc1cnccn1)[C@@H]1CCCN(c2nc(-c3ccccc3)nc3c2CCC3)C1. The van der Waals surface area contributed by atoms with Gasteiger partial charge in [-0.2, -0.15) is 0 Å². The second-order valence-electron chi connectivity index (χ2n) is 8.54. The van der Waals surface area contributed by atoms with Crippen LogP contribution in [0.5, 0.6) is 0 Å². The van der Waals surface area contributed by atoms with E-state index in [0.717, 1.165) is 61.5 Å². The maximum absolute atomic E-state index is 12.9. The molecule has 0 bridgehead atoms. The Bertz CT molecular complexity index is 1070. The maximum Gasteiger partial charge on any atom is 0.224 e. The van der Waals surface area contributed by atoms with Crippen LogP contribution in [0.2, 0.25) is 0 Å². The van der Waals surface area contributed by atoms with Gasteiger partial charge in [0.25, 0.3) is 0 Å². The van der Waals surface area contributed by atoms with Gasteiger partial charge in [-0.25, -0.2) is 9.97 Å². The summed E-state index contributed by atoms with van der Waals surface area (Å²) in [7, 11) is 0. The quantitative estimate of drug-likeness (QED) is 0.650. The van der Waals surface area contributed by atoms with Crippen molar-refractivity contribution in [3.63, 3.8) is 0 Å². The van der Waals surface area contributed by atoms with Gasteiger partial charge in [-0.15, -0.1) is 0 Å². The van der Waals surface area contributed by atoms with Crippen molar-refractivity contribution in [2.24, 2.45) is 5.92 Å².